The van der Waals surface area contributed by atoms with Crippen molar-refractivity contribution in [2.75, 3.05) is 0 Å². The highest BCUT2D eigenvalue weighted by molar-refractivity contribution is 14.1. The minimum atomic E-state index is -0.0411. The lowest BCUT2D eigenvalue weighted by molar-refractivity contribution is 0.695. The maximum atomic E-state index is 13.1. The van der Waals surface area contributed by atoms with E-state index in [-0.39, 0.29) is 5.83 Å². The number of nitrogens with zero attached hydrogens (tertiary/aromatic N) is 1. The Bertz CT molecular complexity index is 393. The van der Waals surface area contributed by atoms with E-state index in [0.29, 0.717) is 11.6 Å². The first-order valence-electron chi connectivity index (χ1n) is 3.38. The van der Waals surface area contributed by atoms with E-state index in [1.807, 2.05) is 28.7 Å². The lowest BCUT2D eigenvalue weighted by Gasteiger charge is -1.96. The van der Waals surface area contributed by atoms with Crippen LogP contribution < -0.4 is 10.6 Å². The molecular formula is C7H6FIN2. The Morgan fingerprint density at radius 1 is 1.64 bits per heavy atom. The van der Waals surface area contributed by atoms with E-state index in [1.54, 1.807) is 0 Å². The Hall–Kier alpha value is -0.390. The molecule has 2 rings (SSSR count). The molecule has 1 aromatic heterocycles. The number of rotatable bonds is 0. The molecule has 0 saturated carbocycles. The number of aromatic nitrogens is 2. The van der Waals surface area contributed by atoms with Crippen LogP contribution >= 0.6 is 22.6 Å². The van der Waals surface area contributed by atoms with Crippen LogP contribution in [0.15, 0.2) is 0 Å². The van der Waals surface area contributed by atoms with Gasteiger partial charge in [0.2, 0.25) is 0 Å². The van der Waals surface area contributed by atoms with Crippen molar-refractivity contribution in [3.05, 3.63) is 14.3 Å². The third-order valence-corrected chi connectivity index (χ3v) is 2.51. The van der Waals surface area contributed by atoms with Crippen molar-refractivity contribution in [1.29, 1.82) is 0 Å². The minimum absolute atomic E-state index is 0.0411. The van der Waals surface area contributed by atoms with Crippen LogP contribution in [0.2, 0.25) is 0 Å². The van der Waals surface area contributed by atoms with Crippen LogP contribution in [-0.2, 0) is 0 Å². The molecule has 0 aliphatic heterocycles. The molecule has 1 N–H and O–H groups in total. The maximum absolute atomic E-state index is 13.1. The molecule has 58 valence electrons. The normalized spacial score (nSPS) is 16.0. The van der Waals surface area contributed by atoms with Gasteiger partial charge in [0.25, 0.3) is 0 Å². The van der Waals surface area contributed by atoms with Gasteiger partial charge in [0.1, 0.15) is 9.53 Å². The molecule has 0 saturated heterocycles. The van der Waals surface area contributed by atoms with E-state index in [2.05, 4.69) is 10.2 Å². The molecule has 1 heterocycles. The highest BCUT2D eigenvalue weighted by Crippen LogP contribution is 2.09. The number of hydrogen-bond acceptors (Lipinski definition) is 1. The van der Waals surface area contributed by atoms with Gasteiger partial charge in [-0.3, -0.25) is 5.10 Å². The van der Waals surface area contributed by atoms with Gasteiger partial charge in [0.15, 0.2) is 0 Å². The van der Waals surface area contributed by atoms with Gasteiger partial charge in [-0.2, -0.15) is 5.10 Å². The van der Waals surface area contributed by atoms with Gasteiger partial charge < -0.3 is 0 Å². The van der Waals surface area contributed by atoms with Gasteiger partial charge in [-0.1, -0.05) is 6.08 Å². The van der Waals surface area contributed by atoms with Gasteiger partial charge in [-0.25, -0.2) is 4.39 Å². The topological polar surface area (TPSA) is 28.7 Å². The second-order valence-electron chi connectivity index (χ2n) is 2.45. The van der Waals surface area contributed by atoms with Gasteiger partial charge in [0, 0.05) is 6.42 Å². The molecule has 0 amide bonds. The summed E-state index contributed by atoms with van der Waals surface area (Å²) in [5.74, 6) is -0.0411. The van der Waals surface area contributed by atoms with Gasteiger partial charge in [0.05, 0.1) is 10.6 Å². The Kier molecular flexibility index (Phi) is 1.71. The van der Waals surface area contributed by atoms with E-state index in [0.717, 1.165) is 15.5 Å². The summed E-state index contributed by atoms with van der Waals surface area (Å²) in [6.07, 6.45) is 3.27. The molecule has 11 heavy (non-hydrogen) atoms. The standard InChI is InChI=1S/C7H6FIN2/c8-4-2-1-3-5-6(4)7(9)11-10-5/h3,10H,1-2H2. The molecule has 1 aliphatic carbocycles. The minimum Gasteiger partial charge on any atom is -0.277 e. The summed E-state index contributed by atoms with van der Waals surface area (Å²) in [5, 5.41) is 8.20. The van der Waals surface area contributed by atoms with Crippen LogP contribution in [0.25, 0.3) is 11.9 Å². The highest BCUT2D eigenvalue weighted by Gasteiger charge is 2.07. The average molecular weight is 264 g/mol. The van der Waals surface area contributed by atoms with E-state index in [9.17, 15) is 4.39 Å². The molecule has 0 bridgehead atoms. The fourth-order valence-electron chi connectivity index (χ4n) is 1.21. The molecule has 0 atom stereocenters. The van der Waals surface area contributed by atoms with Crippen molar-refractivity contribution in [2.24, 2.45) is 0 Å². The molecule has 2 nitrogen and oxygen atoms in total. The monoisotopic (exact) mass is 264 g/mol. The quantitative estimate of drug-likeness (QED) is 0.685. The number of hydrogen-bond donors (Lipinski definition) is 1. The third kappa shape index (κ3) is 1.09. The summed E-state index contributed by atoms with van der Waals surface area (Å²) in [6.45, 7) is 0. The Morgan fingerprint density at radius 3 is 3.18 bits per heavy atom. The Labute approximate surface area is 76.3 Å². The van der Waals surface area contributed by atoms with Crippen LogP contribution in [0.5, 0.6) is 0 Å². The molecule has 0 unspecified atom stereocenters. The van der Waals surface area contributed by atoms with Crippen LogP contribution in [0.3, 0.4) is 0 Å². The first kappa shape index (κ1) is 7.27. The fourth-order valence-corrected chi connectivity index (χ4v) is 1.91. The zero-order chi connectivity index (χ0) is 7.84. The van der Waals surface area contributed by atoms with Gasteiger partial charge in [-0.05, 0) is 29.0 Å². The zero-order valence-electron chi connectivity index (χ0n) is 5.69. The number of aromatic amines is 1. The van der Waals surface area contributed by atoms with Crippen LogP contribution in [-0.4, -0.2) is 10.2 Å². The van der Waals surface area contributed by atoms with E-state index >= 15 is 0 Å². The maximum Gasteiger partial charge on any atom is 0.133 e. The van der Waals surface area contributed by atoms with E-state index in [1.165, 1.54) is 0 Å². The van der Waals surface area contributed by atoms with Crippen LogP contribution in [0.4, 0.5) is 4.39 Å². The summed E-state index contributed by atoms with van der Waals surface area (Å²) < 4.78 is 13.8. The fraction of sp³-hybridized carbons (Fsp3) is 0.286. The Balaban J connectivity index is 2.94. The van der Waals surface area contributed by atoms with Crippen molar-refractivity contribution in [1.82, 2.24) is 10.2 Å². The van der Waals surface area contributed by atoms with E-state index < -0.39 is 0 Å². The second-order valence-corrected chi connectivity index (χ2v) is 3.47. The smallest absolute Gasteiger partial charge is 0.133 e. The summed E-state index contributed by atoms with van der Waals surface area (Å²) in [6, 6.07) is 0. The lowest BCUT2D eigenvalue weighted by atomic mass is 10.1. The molecular weight excluding hydrogens is 258 g/mol. The molecule has 0 spiro atoms. The molecule has 4 heteroatoms. The van der Waals surface area contributed by atoms with Crippen molar-refractivity contribution < 1.29 is 4.39 Å². The van der Waals surface area contributed by atoms with Crippen molar-refractivity contribution in [3.8, 4) is 0 Å². The average Bonchev–Trinajstić information content (AvgIpc) is 2.34. The van der Waals surface area contributed by atoms with E-state index in [4.69, 9.17) is 0 Å². The first-order chi connectivity index (χ1) is 5.29. The predicted octanol–water partition coefficient (Wildman–Crippen LogP) is 0.666. The Morgan fingerprint density at radius 2 is 2.45 bits per heavy atom. The molecule has 0 fully saturated rings. The zero-order valence-corrected chi connectivity index (χ0v) is 7.85. The van der Waals surface area contributed by atoms with Crippen LogP contribution in [0, 0.1) is 3.70 Å². The molecule has 1 aromatic rings. The summed E-state index contributed by atoms with van der Waals surface area (Å²) in [4.78, 5) is 0. The molecule has 0 aromatic carbocycles. The van der Waals surface area contributed by atoms with Gasteiger partial charge >= 0.3 is 0 Å². The number of fused-ring (bicyclic) bond motifs is 1. The number of H-pyrrole nitrogens is 1. The van der Waals surface area contributed by atoms with Crippen molar-refractivity contribution in [2.45, 2.75) is 12.8 Å². The summed E-state index contributed by atoms with van der Waals surface area (Å²) >= 11 is 2.03. The lowest BCUT2D eigenvalue weighted by Crippen LogP contribution is -2.28. The third-order valence-electron chi connectivity index (χ3n) is 1.73. The van der Waals surface area contributed by atoms with Crippen molar-refractivity contribution >= 4 is 34.5 Å². The first-order valence-corrected chi connectivity index (χ1v) is 4.45. The number of nitrogens with one attached hydrogen (secondary N) is 1. The number of halogens is 2. The SMILES string of the molecule is FC1=c2c(I)n[nH]c2=CCC1. The van der Waals surface area contributed by atoms with Crippen molar-refractivity contribution in [3.63, 3.8) is 0 Å². The van der Waals surface area contributed by atoms with Crippen LogP contribution in [0.1, 0.15) is 12.8 Å². The summed E-state index contributed by atoms with van der Waals surface area (Å²) in [7, 11) is 0. The largest absolute Gasteiger partial charge is 0.277 e. The second kappa shape index (κ2) is 2.58. The summed E-state index contributed by atoms with van der Waals surface area (Å²) in [5.41, 5.74) is 0. The van der Waals surface area contributed by atoms with Gasteiger partial charge in [-0.15, -0.1) is 0 Å². The molecule has 0 radical (unpaired) electrons. The molecule has 1 aliphatic rings. The highest BCUT2D eigenvalue weighted by atomic mass is 127. The predicted molar refractivity (Wildman–Crippen MR) is 48.8 cm³/mol.